The number of benzene rings is 1. The smallest absolute Gasteiger partial charge is 0.253 e. The molecule has 0 saturated carbocycles. The Balaban J connectivity index is 1.48. The zero-order valence-corrected chi connectivity index (χ0v) is 16.9. The molecule has 2 aliphatic heterocycles. The van der Waals surface area contributed by atoms with Crippen molar-refractivity contribution in [2.75, 3.05) is 41.6 Å². The quantitative estimate of drug-likeness (QED) is 0.785. The van der Waals surface area contributed by atoms with Crippen LogP contribution in [0.25, 0.3) is 0 Å². The molecular formula is C20H24N4O3S. The second kappa shape index (κ2) is 7.09. The van der Waals surface area contributed by atoms with E-state index in [1.54, 1.807) is 24.5 Å². The third-order valence-electron chi connectivity index (χ3n) is 5.43. The van der Waals surface area contributed by atoms with Gasteiger partial charge in [0.2, 0.25) is 10.0 Å². The van der Waals surface area contributed by atoms with Gasteiger partial charge in [0.05, 0.1) is 11.9 Å². The van der Waals surface area contributed by atoms with Crippen LogP contribution in [-0.2, 0) is 16.4 Å². The number of anilines is 2. The fourth-order valence-electron chi connectivity index (χ4n) is 4.15. The molecule has 0 aliphatic carbocycles. The van der Waals surface area contributed by atoms with Gasteiger partial charge in [-0.1, -0.05) is 0 Å². The molecule has 0 spiro atoms. The van der Waals surface area contributed by atoms with Gasteiger partial charge < -0.3 is 9.80 Å². The molecule has 28 heavy (non-hydrogen) atoms. The van der Waals surface area contributed by atoms with Gasteiger partial charge in [0.1, 0.15) is 0 Å². The predicted molar refractivity (Wildman–Crippen MR) is 109 cm³/mol. The van der Waals surface area contributed by atoms with E-state index in [4.69, 9.17) is 0 Å². The van der Waals surface area contributed by atoms with Crippen molar-refractivity contribution in [2.45, 2.75) is 19.4 Å². The van der Waals surface area contributed by atoms with Crippen LogP contribution in [0.15, 0.2) is 42.7 Å². The molecule has 1 amide bonds. The normalized spacial score (nSPS) is 19.6. The summed E-state index contributed by atoms with van der Waals surface area (Å²) < 4.78 is 25.6. The second-order valence-electron chi connectivity index (χ2n) is 7.44. The molecule has 3 heterocycles. The summed E-state index contributed by atoms with van der Waals surface area (Å²) in [6.07, 6.45) is 5.40. The standard InChI is InChI=1S/C20H24N4O3S/c1-15-13-17-14-16(3-4-19(17)24(15)28(2,26)27)20(25)23-11-9-22(10-12-23)18-5-7-21-8-6-18/h3-8,14-15H,9-13H2,1-2H3/t15-/m0/s1. The topological polar surface area (TPSA) is 73.8 Å². The SMILES string of the molecule is C[C@H]1Cc2cc(C(=O)N3CCN(c4ccncc4)CC3)ccc2N1S(C)(=O)=O. The maximum atomic E-state index is 13.0. The molecule has 1 atom stereocenters. The van der Waals surface area contributed by atoms with Crippen LogP contribution in [-0.4, -0.2) is 62.7 Å². The minimum atomic E-state index is -3.32. The lowest BCUT2D eigenvalue weighted by Crippen LogP contribution is -2.48. The summed E-state index contributed by atoms with van der Waals surface area (Å²) in [6.45, 7) is 4.76. The fraction of sp³-hybridized carbons (Fsp3) is 0.400. The lowest BCUT2D eigenvalue weighted by Gasteiger charge is -2.36. The van der Waals surface area contributed by atoms with Gasteiger partial charge in [-0.2, -0.15) is 0 Å². The summed E-state index contributed by atoms with van der Waals surface area (Å²) in [6, 6.07) is 9.19. The molecule has 8 heteroatoms. The first kappa shape index (κ1) is 18.7. The number of carbonyl (C=O) groups excluding carboxylic acids is 1. The number of piperazine rings is 1. The third-order valence-corrected chi connectivity index (χ3v) is 6.70. The second-order valence-corrected chi connectivity index (χ2v) is 9.30. The van der Waals surface area contributed by atoms with Crippen molar-refractivity contribution in [3.05, 3.63) is 53.9 Å². The van der Waals surface area contributed by atoms with Crippen molar-refractivity contribution < 1.29 is 13.2 Å². The first-order valence-electron chi connectivity index (χ1n) is 9.41. The minimum absolute atomic E-state index is 0.00244. The Labute approximate surface area is 165 Å². The van der Waals surface area contributed by atoms with Gasteiger partial charge in [0.15, 0.2) is 0 Å². The summed E-state index contributed by atoms with van der Waals surface area (Å²) >= 11 is 0. The summed E-state index contributed by atoms with van der Waals surface area (Å²) in [5, 5.41) is 0. The van der Waals surface area contributed by atoms with Gasteiger partial charge in [0.25, 0.3) is 5.91 Å². The molecule has 0 N–H and O–H groups in total. The van der Waals surface area contributed by atoms with Crippen LogP contribution in [0.3, 0.4) is 0 Å². The van der Waals surface area contributed by atoms with E-state index in [0.29, 0.717) is 30.8 Å². The number of nitrogens with zero attached hydrogens (tertiary/aromatic N) is 4. The van der Waals surface area contributed by atoms with Crippen LogP contribution < -0.4 is 9.21 Å². The molecule has 2 aromatic rings. The Morgan fingerprint density at radius 2 is 1.75 bits per heavy atom. The molecule has 0 bridgehead atoms. The number of hydrogen-bond donors (Lipinski definition) is 0. The molecule has 1 aromatic carbocycles. The monoisotopic (exact) mass is 400 g/mol. The zero-order chi connectivity index (χ0) is 19.9. The fourth-order valence-corrected chi connectivity index (χ4v) is 5.41. The predicted octanol–water partition coefficient (Wildman–Crippen LogP) is 1.75. The first-order chi connectivity index (χ1) is 13.3. The Morgan fingerprint density at radius 1 is 1.07 bits per heavy atom. The number of carbonyl (C=O) groups is 1. The van der Waals surface area contributed by atoms with Gasteiger partial charge in [0, 0.05) is 55.9 Å². The number of aromatic nitrogens is 1. The Kier molecular flexibility index (Phi) is 4.74. The molecule has 1 fully saturated rings. The van der Waals surface area contributed by atoms with Crippen molar-refractivity contribution in [3.8, 4) is 0 Å². The number of fused-ring (bicyclic) bond motifs is 1. The van der Waals surface area contributed by atoms with Crippen LogP contribution in [0.2, 0.25) is 0 Å². The van der Waals surface area contributed by atoms with Crippen molar-refractivity contribution in [3.63, 3.8) is 0 Å². The number of pyridine rings is 1. The maximum Gasteiger partial charge on any atom is 0.253 e. The van der Waals surface area contributed by atoms with E-state index in [2.05, 4.69) is 9.88 Å². The van der Waals surface area contributed by atoms with E-state index in [1.165, 1.54) is 10.6 Å². The average molecular weight is 401 g/mol. The van der Waals surface area contributed by atoms with Crippen LogP contribution in [0.4, 0.5) is 11.4 Å². The lowest BCUT2D eigenvalue weighted by atomic mass is 10.1. The van der Waals surface area contributed by atoms with E-state index in [-0.39, 0.29) is 11.9 Å². The summed E-state index contributed by atoms with van der Waals surface area (Å²) in [7, 11) is -3.32. The molecule has 2 aliphatic rings. The number of sulfonamides is 1. The molecule has 1 saturated heterocycles. The molecular weight excluding hydrogens is 376 g/mol. The molecule has 1 aromatic heterocycles. The maximum absolute atomic E-state index is 13.0. The lowest BCUT2D eigenvalue weighted by molar-refractivity contribution is 0.0746. The van der Waals surface area contributed by atoms with E-state index in [9.17, 15) is 13.2 Å². The van der Waals surface area contributed by atoms with Crippen molar-refractivity contribution in [1.29, 1.82) is 0 Å². The summed E-state index contributed by atoms with van der Waals surface area (Å²) in [4.78, 5) is 21.1. The molecule has 4 rings (SSSR count). The molecule has 148 valence electrons. The highest BCUT2D eigenvalue weighted by atomic mass is 32.2. The highest BCUT2D eigenvalue weighted by molar-refractivity contribution is 7.92. The third kappa shape index (κ3) is 3.44. The van der Waals surface area contributed by atoms with Crippen LogP contribution in [0, 0.1) is 0 Å². The Morgan fingerprint density at radius 3 is 2.39 bits per heavy atom. The van der Waals surface area contributed by atoms with Crippen LogP contribution >= 0.6 is 0 Å². The van der Waals surface area contributed by atoms with Gasteiger partial charge in [-0.15, -0.1) is 0 Å². The first-order valence-corrected chi connectivity index (χ1v) is 11.3. The van der Waals surface area contributed by atoms with Gasteiger partial charge >= 0.3 is 0 Å². The molecule has 7 nitrogen and oxygen atoms in total. The van der Waals surface area contributed by atoms with Crippen molar-refractivity contribution >= 4 is 27.3 Å². The zero-order valence-electron chi connectivity index (χ0n) is 16.1. The van der Waals surface area contributed by atoms with Crippen LogP contribution in [0.5, 0.6) is 0 Å². The Bertz CT molecular complexity index is 986. The Hall–Kier alpha value is -2.61. The van der Waals surface area contributed by atoms with Crippen molar-refractivity contribution in [1.82, 2.24) is 9.88 Å². The number of hydrogen-bond acceptors (Lipinski definition) is 5. The summed E-state index contributed by atoms with van der Waals surface area (Å²) in [5.41, 5.74) is 3.35. The molecule has 0 radical (unpaired) electrons. The number of rotatable bonds is 3. The van der Waals surface area contributed by atoms with E-state index in [1.807, 2.05) is 30.0 Å². The largest absolute Gasteiger partial charge is 0.368 e. The average Bonchev–Trinajstić information content (AvgIpc) is 3.03. The molecule has 0 unspecified atom stereocenters. The van der Waals surface area contributed by atoms with Gasteiger partial charge in [-0.3, -0.25) is 14.1 Å². The summed E-state index contributed by atoms with van der Waals surface area (Å²) in [5.74, 6) is 0.00244. The van der Waals surface area contributed by atoms with Crippen molar-refractivity contribution in [2.24, 2.45) is 0 Å². The van der Waals surface area contributed by atoms with Gasteiger partial charge in [-0.25, -0.2) is 8.42 Å². The number of amides is 1. The van der Waals surface area contributed by atoms with Crippen LogP contribution in [0.1, 0.15) is 22.8 Å². The highest BCUT2D eigenvalue weighted by Crippen LogP contribution is 2.35. The van der Waals surface area contributed by atoms with Gasteiger partial charge in [-0.05, 0) is 49.2 Å². The van der Waals surface area contributed by atoms with E-state index in [0.717, 1.165) is 24.3 Å². The minimum Gasteiger partial charge on any atom is -0.368 e. The van der Waals surface area contributed by atoms with E-state index < -0.39 is 10.0 Å². The highest BCUT2D eigenvalue weighted by Gasteiger charge is 2.33. The van der Waals surface area contributed by atoms with E-state index >= 15 is 0 Å².